The van der Waals surface area contributed by atoms with Gasteiger partial charge in [-0.15, -0.1) is 0 Å². The predicted molar refractivity (Wildman–Crippen MR) is 83.7 cm³/mol. The van der Waals surface area contributed by atoms with Gasteiger partial charge in [0.15, 0.2) is 0 Å². The Bertz CT molecular complexity index is 526. The molecule has 3 fully saturated rings. The van der Waals surface area contributed by atoms with Gasteiger partial charge in [-0.2, -0.15) is 0 Å². The maximum absolute atomic E-state index is 12.4. The summed E-state index contributed by atoms with van der Waals surface area (Å²) < 4.78 is 0. The average molecular weight is 283 g/mol. The predicted octanol–water partition coefficient (Wildman–Crippen LogP) is 3.51. The van der Waals surface area contributed by atoms with E-state index in [-0.39, 0.29) is 0 Å². The van der Waals surface area contributed by atoms with Crippen LogP contribution in [0.15, 0.2) is 30.3 Å². The number of benzene rings is 1. The number of nitrogens with zero attached hydrogens (tertiary/aromatic N) is 1. The molecule has 1 aromatic rings. The van der Waals surface area contributed by atoms with Crippen LogP contribution in [0.25, 0.3) is 0 Å². The number of carbonyl (C=O) groups is 1. The van der Waals surface area contributed by atoms with Crippen LogP contribution in [-0.2, 0) is 11.3 Å². The quantitative estimate of drug-likeness (QED) is 0.828. The Hall–Kier alpha value is -1.15. The van der Waals surface area contributed by atoms with Crippen molar-refractivity contribution in [2.24, 2.45) is 23.7 Å². The van der Waals surface area contributed by atoms with Crippen molar-refractivity contribution >= 4 is 5.78 Å². The topological polar surface area (TPSA) is 20.3 Å². The molecule has 0 spiro atoms. The van der Waals surface area contributed by atoms with Gasteiger partial charge < -0.3 is 0 Å². The zero-order valence-corrected chi connectivity index (χ0v) is 12.9. The van der Waals surface area contributed by atoms with Crippen molar-refractivity contribution in [2.75, 3.05) is 6.54 Å². The molecule has 2 aliphatic carbocycles. The number of hydrogen-bond acceptors (Lipinski definition) is 2. The van der Waals surface area contributed by atoms with E-state index in [0.29, 0.717) is 23.7 Å². The lowest BCUT2D eigenvalue weighted by Gasteiger charge is -2.54. The lowest BCUT2D eigenvalue weighted by atomic mass is 9.60. The summed E-state index contributed by atoms with van der Waals surface area (Å²) in [6, 6.07) is 11.5. The van der Waals surface area contributed by atoms with Crippen LogP contribution in [0.2, 0.25) is 0 Å². The van der Waals surface area contributed by atoms with Crippen LogP contribution in [-0.4, -0.2) is 23.3 Å². The Kier molecular flexibility index (Phi) is 3.37. The van der Waals surface area contributed by atoms with E-state index in [2.05, 4.69) is 42.2 Å². The molecule has 2 nitrogen and oxygen atoms in total. The third-order valence-corrected chi connectivity index (χ3v) is 6.08. The molecule has 21 heavy (non-hydrogen) atoms. The third kappa shape index (κ3) is 2.44. The van der Waals surface area contributed by atoms with Crippen molar-refractivity contribution in [3.8, 4) is 0 Å². The lowest BCUT2D eigenvalue weighted by molar-refractivity contribution is -0.138. The van der Waals surface area contributed by atoms with E-state index in [1.807, 2.05) is 0 Å². The molecule has 2 saturated carbocycles. The fraction of sp³-hybridized carbons (Fsp3) is 0.632. The number of piperidine rings is 1. The number of fused-ring (bicyclic) bond motifs is 1. The second-order valence-electron chi connectivity index (χ2n) is 7.59. The van der Waals surface area contributed by atoms with E-state index in [1.165, 1.54) is 24.8 Å². The van der Waals surface area contributed by atoms with Crippen LogP contribution >= 0.6 is 0 Å². The summed E-state index contributed by atoms with van der Waals surface area (Å²) in [4.78, 5) is 15.0. The van der Waals surface area contributed by atoms with E-state index >= 15 is 0 Å². The molecule has 1 heterocycles. The highest BCUT2D eigenvalue weighted by atomic mass is 16.1. The monoisotopic (exact) mass is 283 g/mol. The third-order valence-electron chi connectivity index (χ3n) is 6.08. The van der Waals surface area contributed by atoms with E-state index in [4.69, 9.17) is 0 Å². The first-order chi connectivity index (χ1) is 10.2. The molecular formula is C19H25NO. The van der Waals surface area contributed by atoms with Crippen LogP contribution in [0.1, 0.15) is 38.2 Å². The molecule has 0 N–H and O–H groups in total. The maximum Gasteiger partial charge on any atom is 0.137 e. The SMILES string of the molecule is C[C@@H]1C[C@H]2CC(=O)[C@@H]3C[C@H]2[C@H](C1)N(Cc1ccccc1)C3. The first-order valence-corrected chi connectivity index (χ1v) is 8.51. The Labute approximate surface area is 127 Å². The van der Waals surface area contributed by atoms with Gasteiger partial charge in [0.25, 0.3) is 0 Å². The average Bonchev–Trinajstić information content (AvgIpc) is 2.48. The molecule has 5 atom stereocenters. The standard InChI is InChI=1S/C19H25NO/c1-13-7-15-10-19(21)16-9-17(15)18(8-13)20(12-16)11-14-5-3-2-4-6-14/h2-6,13,15-18H,7-12H2,1H3/t13-,15+,16-,17-,18+/m1/s1. The van der Waals surface area contributed by atoms with Gasteiger partial charge in [-0.1, -0.05) is 37.3 Å². The molecule has 1 aromatic carbocycles. The molecule has 0 aromatic heterocycles. The highest BCUT2D eigenvalue weighted by Crippen LogP contribution is 2.48. The number of likely N-dealkylation sites (tertiary alicyclic amines) is 1. The van der Waals surface area contributed by atoms with Crippen molar-refractivity contribution in [3.05, 3.63) is 35.9 Å². The van der Waals surface area contributed by atoms with Crippen molar-refractivity contribution in [1.82, 2.24) is 4.90 Å². The van der Waals surface area contributed by atoms with Gasteiger partial charge in [0.05, 0.1) is 0 Å². The van der Waals surface area contributed by atoms with E-state index < -0.39 is 0 Å². The van der Waals surface area contributed by atoms with Crippen LogP contribution < -0.4 is 0 Å². The van der Waals surface area contributed by atoms with Gasteiger partial charge in [-0.3, -0.25) is 9.69 Å². The fourth-order valence-electron chi connectivity index (χ4n) is 5.17. The first kappa shape index (κ1) is 13.5. The second kappa shape index (κ2) is 5.24. The Balaban J connectivity index is 1.60. The van der Waals surface area contributed by atoms with Crippen molar-refractivity contribution in [3.63, 3.8) is 0 Å². The summed E-state index contributed by atoms with van der Waals surface area (Å²) in [6.07, 6.45) is 4.65. The molecule has 0 amide bonds. The first-order valence-electron chi connectivity index (χ1n) is 8.51. The molecule has 1 saturated heterocycles. The molecule has 112 valence electrons. The molecule has 0 unspecified atom stereocenters. The van der Waals surface area contributed by atoms with Gasteiger partial charge >= 0.3 is 0 Å². The van der Waals surface area contributed by atoms with Crippen molar-refractivity contribution < 1.29 is 4.79 Å². The van der Waals surface area contributed by atoms with Gasteiger partial charge in [-0.05, 0) is 42.6 Å². The minimum absolute atomic E-state index is 0.319. The zero-order valence-electron chi connectivity index (χ0n) is 12.9. The minimum Gasteiger partial charge on any atom is -0.299 e. The smallest absolute Gasteiger partial charge is 0.137 e. The molecule has 0 radical (unpaired) electrons. The van der Waals surface area contributed by atoms with E-state index in [0.717, 1.165) is 31.3 Å². The van der Waals surface area contributed by atoms with Gasteiger partial charge in [0.1, 0.15) is 5.78 Å². The molecule has 2 heteroatoms. The summed E-state index contributed by atoms with van der Waals surface area (Å²) in [5, 5.41) is 0. The molecular weight excluding hydrogens is 258 g/mol. The summed E-state index contributed by atoms with van der Waals surface area (Å²) in [6.45, 7) is 4.39. The van der Waals surface area contributed by atoms with Crippen molar-refractivity contribution in [2.45, 2.75) is 45.2 Å². The Morgan fingerprint density at radius 3 is 2.76 bits per heavy atom. The van der Waals surface area contributed by atoms with E-state index in [1.54, 1.807) is 0 Å². The normalized spacial score (nSPS) is 39.3. The summed E-state index contributed by atoms with van der Waals surface area (Å²) in [7, 11) is 0. The maximum atomic E-state index is 12.4. The summed E-state index contributed by atoms with van der Waals surface area (Å²) in [5.74, 6) is 3.08. The minimum atomic E-state index is 0.319. The van der Waals surface area contributed by atoms with Crippen LogP contribution in [0.3, 0.4) is 0 Å². The second-order valence-corrected chi connectivity index (χ2v) is 7.59. The Morgan fingerprint density at radius 2 is 1.95 bits per heavy atom. The lowest BCUT2D eigenvalue weighted by Crippen LogP contribution is -2.57. The fourth-order valence-corrected chi connectivity index (χ4v) is 5.17. The molecule has 1 aliphatic heterocycles. The van der Waals surface area contributed by atoms with Crippen LogP contribution in [0.5, 0.6) is 0 Å². The molecule has 3 aliphatic rings. The van der Waals surface area contributed by atoms with Gasteiger partial charge in [0.2, 0.25) is 0 Å². The number of rotatable bonds is 2. The number of ketones is 1. The molecule has 4 rings (SSSR count). The van der Waals surface area contributed by atoms with Gasteiger partial charge in [-0.25, -0.2) is 0 Å². The number of carbonyl (C=O) groups excluding carboxylic acids is 1. The van der Waals surface area contributed by atoms with Crippen LogP contribution in [0, 0.1) is 23.7 Å². The van der Waals surface area contributed by atoms with Crippen LogP contribution in [0.4, 0.5) is 0 Å². The largest absolute Gasteiger partial charge is 0.299 e. The highest BCUT2D eigenvalue weighted by Gasteiger charge is 2.49. The number of hydrogen-bond donors (Lipinski definition) is 0. The van der Waals surface area contributed by atoms with Crippen molar-refractivity contribution in [1.29, 1.82) is 0 Å². The molecule has 2 bridgehead atoms. The summed E-state index contributed by atoms with van der Waals surface area (Å²) in [5.41, 5.74) is 1.39. The zero-order chi connectivity index (χ0) is 14.4. The highest BCUT2D eigenvalue weighted by molar-refractivity contribution is 5.82. The van der Waals surface area contributed by atoms with E-state index in [9.17, 15) is 4.79 Å². The Morgan fingerprint density at radius 1 is 1.14 bits per heavy atom. The summed E-state index contributed by atoms with van der Waals surface area (Å²) >= 11 is 0. The van der Waals surface area contributed by atoms with Gasteiger partial charge in [0, 0.05) is 31.5 Å². The number of Topliss-reactive ketones (excluding diaryl/α,β-unsaturated/α-hetero) is 1.